The van der Waals surface area contributed by atoms with Gasteiger partial charge in [0.15, 0.2) is 0 Å². The molecule has 0 spiro atoms. The second-order valence-corrected chi connectivity index (χ2v) is 6.46. The highest BCUT2D eigenvalue weighted by Crippen LogP contribution is 2.30. The van der Waals surface area contributed by atoms with Gasteiger partial charge in [0.1, 0.15) is 17.3 Å². The maximum atomic E-state index is 6.26. The molecule has 0 fully saturated rings. The Morgan fingerprint density at radius 1 is 1.08 bits per heavy atom. The van der Waals surface area contributed by atoms with Crippen molar-refractivity contribution in [1.82, 2.24) is 9.97 Å². The highest BCUT2D eigenvalue weighted by atomic mass is 35.5. The standard InChI is InChI=1S/C19H13Cl2N3O/c1-11-2-5-14(25-11)10-22-13-4-7-17-18(9-13)24-19(23-17)15-6-3-12(20)8-16(15)21/h2-10H,1H3,(H,23,24). The van der Waals surface area contributed by atoms with Gasteiger partial charge in [-0.25, -0.2) is 4.98 Å². The van der Waals surface area contributed by atoms with E-state index >= 15 is 0 Å². The molecule has 0 saturated carbocycles. The van der Waals surface area contributed by atoms with Crippen molar-refractivity contribution in [2.75, 3.05) is 0 Å². The van der Waals surface area contributed by atoms with Crippen LogP contribution in [0, 0.1) is 6.92 Å². The number of aryl methyl sites for hydroxylation is 1. The maximum Gasteiger partial charge on any atom is 0.145 e. The number of hydrogen-bond donors (Lipinski definition) is 1. The van der Waals surface area contributed by atoms with Crippen LogP contribution in [0.4, 0.5) is 5.69 Å². The summed E-state index contributed by atoms with van der Waals surface area (Å²) in [6.45, 7) is 1.90. The molecule has 124 valence electrons. The van der Waals surface area contributed by atoms with E-state index in [4.69, 9.17) is 27.6 Å². The Kier molecular flexibility index (Phi) is 4.07. The molecule has 0 aliphatic heterocycles. The molecule has 1 N–H and O–H groups in total. The lowest BCUT2D eigenvalue weighted by Gasteiger charge is -2.00. The van der Waals surface area contributed by atoms with E-state index < -0.39 is 0 Å². The molecule has 0 atom stereocenters. The fourth-order valence-electron chi connectivity index (χ4n) is 2.55. The number of imidazole rings is 1. The maximum absolute atomic E-state index is 6.26. The third-order valence-corrected chi connectivity index (χ3v) is 4.30. The fraction of sp³-hybridized carbons (Fsp3) is 0.0526. The van der Waals surface area contributed by atoms with Crippen LogP contribution in [0.5, 0.6) is 0 Å². The van der Waals surface area contributed by atoms with E-state index in [0.717, 1.165) is 33.8 Å². The average molecular weight is 370 g/mol. The van der Waals surface area contributed by atoms with E-state index in [1.165, 1.54) is 0 Å². The van der Waals surface area contributed by atoms with Gasteiger partial charge in [0, 0.05) is 10.6 Å². The van der Waals surface area contributed by atoms with Gasteiger partial charge in [-0.05, 0) is 55.5 Å². The number of aliphatic imine (C=N–C) groups is 1. The summed E-state index contributed by atoms with van der Waals surface area (Å²) in [4.78, 5) is 12.3. The number of aromatic amines is 1. The summed E-state index contributed by atoms with van der Waals surface area (Å²) in [5.41, 5.74) is 3.33. The molecule has 4 nitrogen and oxygen atoms in total. The zero-order chi connectivity index (χ0) is 17.4. The van der Waals surface area contributed by atoms with Crippen molar-refractivity contribution in [2.24, 2.45) is 4.99 Å². The Bertz CT molecular complexity index is 1100. The van der Waals surface area contributed by atoms with Crippen molar-refractivity contribution in [2.45, 2.75) is 6.92 Å². The number of hydrogen-bond acceptors (Lipinski definition) is 3. The average Bonchev–Trinajstić information content (AvgIpc) is 3.18. The van der Waals surface area contributed by atoms with Gasteiger partial charge < -0.3 is 9.40 Å². The Hall–Kier alpha value is -2.56. The summed E-state index contributed by atoms with van der Waals surface area (Å²) in [5.74, 6) is 2.27. The molecule has 2 aromatic carbocycles. The highest BCUT2D eigenvalue weighted by Gasteiger charge is 2.10. The van der Waals surface area contributed by atoms with Crippen LogP contribution in [0.2, 0.25) is 10.0 Å². The quantitative estimate of drug-likeness (QED) is 0.437. The zero-order valence-electron chi connectivity index (χ0n) is 13.3. The van der Waals surface area contributed by atoms with Gasteiger partial charge in [0.25, 0.3) is 0 Å². The van der Waals surface area contributed by atoms with Crippen LogP contribution in [0.3, 0.4) is 0 Å². The number of rotatable bonds is 3. The molecule has 2 heterocycles. The van der Waals surface area contributed by atoms with Gasteiger partial charge in [-0.1, -0.05) is 23.2 Å². The minimum atomic E-state index is 0.554. The van der Waals surface area contributed by atoms with Gasteiger partial charge in [-0.3, -0.25) is 4.99 Å². The van der Waals surface area contributed by atoms with E-state index in [1.54, 1.807) is 18.3 Å². The number of halogens is 2. The first-order chi connectivity index (χ1) is 12.1. The Balaban J connectivity index is 1.68. The van der Waals surface area contributed by atoms with Crippen molar-refractivity contribution in [3.8, 4) is 11.4 Å². The molecule has 4 rings (SSSR count). The van der Waals surface area contributed by atoms with E-state index in [2.05, 4.69) is 15.0 Å². The molecule has 0 aliphatic rings. The molecule has 2 aromatic heterocycles. The van der Waals surface area contributed by atoms with Crippen LogP contribution in [-0.2, 0) is 0 Å². The predicted molar refractivity (Wildman–Crippen MR) is 102 cm³/mol. The molecule has 4 aromatic rings. The second-order valence-electron chi connectivity index (χ2n) is 5.62. The first-order valence-corrected chi connectivity index (χ1v) is 8.40. The molecule has 0 unspecified atom stereocenters. The van der Waals surface area contributed by atoms with Gasteiger partial charge >= 0.3 is 0 Å². The third kappa shape index (κ3) is 3.31. The summed E-state index contributed by atoms with van der Waals surface area (Å²) in [7, 11) is 0. The van der Waals surface area contributed by atoms with Crippen molar-refractivity contribution >= 4 is 46.1 Å². The number of fused-ring (bicyclic) bond motifs is 1. The van der Waals surface area contributed by atoms with Crippen LogP contribution in [-0.4, -0.2) is 16.2 Å². The molecular weight excluding hydrogens is 357 g/mol. The Morgan fingerprint density at radius 2 is 1.96 bits per heavy atom. The first kappa shape index (κ1) is 15.9. The third-order valence-electron chi connectivity index (χ3n) is 3.75. The summed E-state index contributed by atoms with van der Waals surface area (Å²) in [6, 6.07) is 14.9. The minimum Gasteiger partial charge on any atom is -0.460 e. The largest absolute Gasteiger partial charge is 0.460 e. The number of benzene rings is 2. The van der Waals surface area contributed by atoms with Crippen LogP contribution < -0.4 is 0 Å². The van der Waals surface area contributed by atoms with Gasteiger partial charge in [-0.2, -0.15) is 0 Å². The monoisotopic (exact) mass is 369 g/mol. The van der Waals surface area contributed by atoms with Gasteiger partial charge in [0.05, 0.1) is 28.0 Å². The number of aromatic nitrogens is 2. The van der Waals surface area contributed by atoms with Crippen molar-refractivity contribution < 1.29 is 4.42 Å². The normalized spacial score (nSPS) is 11.6. The van der Waals surface area contributed by atoms with Crippen LogP contribution in [0.15, 0.2) is 57.9 Å². The molecule has 0 radical (unpaired) electrons. The summed E-state index contributed by atoms with van der Waals surface area (Å²) in [6.07, 6.45) is 1.70. The van der Waals surface area contributed by atoms with Crippen molar-refractivity contribution in [3.63, 3.8) is 0 Å². The second kappa shape index (κ2) is 6.39. The number of nitrogens with one attached hydrogen (secondary N) is 1. The molecule has 0 amide bonds. The fourth-order valence-corrected chi connectivity index (χ4v) is 3.05. The zero-order valence-corrected chi connectivity index (χ0v) is 14.8. The Morgan fingerprint density at radius 3 is 2.72 bits per heavy atom. The van der Waals surface area contributed by atoms with Crippen LogP contribution in [0.25, 0.3) is 22.4 Å². The summed E-state index contributed by atoms with van der Waals surface area (Å²) >= 11 is 12.2. The molecule has 0 saturated heterocycles. The summed E-state index contributed by atoms with van der Waals surface area (Å²) in [5, 5.41) is 1.15. The molecule has 0 bridgehead atoms. The number of nitrogens with zero attached hydrogens (tertiary/aromatic N) is 2. The molecule has 0 aliphatic carbocycles. The topological polar surface area (TPSA) is 54.2 Å². The van der Waals surface area contributed by atoms with E-state index in [9.17, 15) is 0 Å². The summed E-state index contributed by atoms with van der Waals surface area (Å²) < 4.78 is 5.48. The minimum absolute atomic E-state index is 0.554. The van der Waals surface area contributed by atoms with Crippen molar-refractivity contribution in [1.29, 1.82) is 0 Å². The molecule has 6 heteroatoms. The first-order valence-electron chi connectivity index (χ1n) is 7.64. The lowest BCUT2D eigenvalue weighted by Crippen LogP contribution is -1.81. The number of furan rings is 1. The van der Waals surface area contributed by atoms with Crippen LogP contribution in [0.1, 0.15) is 11.5 Å². The van der Waals surface area contributed by atoms with Gasteiger partial charge in [0.2, 0.25) is 0 Å². The SMILES string of the molecule is Cc1ccc(C=Nc2ccc3nc(-c4ccc(Cl)cc4Cl)[nH]c3c2)o1. The Labute approximate surface area is 154 Å². The van der Waals surface area contributed by atoms with E-state index in [1.807, 2.05) is 43.3 Å². The highest BCUT2D eigenvalue weighted by molar-refractivity contribution is 6.36. The van der Waals surface area contributed by atoms with Crippen molar-refractivity contribution in [3.05, 3.63) is 70.1 Å². The van der Waals surface area contributed by atoms with Gasteiger partial charge in [-0.15, -0.1) is 0 Å². The lowest BCUT2D eigenvalue weighted by molar-refractivity contribution is 0.528. The van der Waals surface area contributed by atoms with E-state index in [-0.39, 0.29) is 0 Å². The molecule has 25 heavy (non-hydrogen) atoms. The smallest absolute Gasteiger partial charge is 0.145 e. The number of H-pyrrole nitrogens is 1. The van der Waals surface area contributed by atoms with E-state index in [0.29, 0.717) is 15.9 Å². The van der Waals surface area contributed by atoms with Crippen LogP contribution >= 0.6 is 23.2 Å². The lowest BCUT2D eigenvalue weighted by atomic mass is 10.2. The predicted octanol–water partition coefficient (Wildman–Crippen LogP) is 6.19. The molecular formula is C19H13Cl2N3O.